The number of amides is 1. The Kier molecular flexibility index (Phi) is 4.81. The second-order valence-electron chi connectivity index (χ2n) is 5.53. The molecule has 3 nitrogen and oxygen atoms in total. The van der Waals surface area contributed by atoms with E-state index < -0.39 is 0 Å². The molecule has 3 heteroatoms. The molecule has 0 aromatic heterocycles. The number of hydrogen-bond donors (Lipinski definition) is 1. The fourth-order valence-corrected chi connectivity index (χ4v) is 2.79. The smallest absolute Gasteiger partial charge is 0.255 e. The minimum Gasteiger partial charge on any atom is -0.336 e. The summed E-state index contributed by atoms with van der Waals surface area (Å²) in [4.78, 5) is 14.7. The summed E-state index contributed by atoms with van der Waals surface area (Å²) in [6.45, 7) is 5.51. The van der Waals surface area contributed by atoms with Crippen molar-refractivity contribution in [1.29, 1.82) is 0 Å². The van der Waals surface area contributed by atoms with E-state index in [-0.39, 0.29) is 5.91 Å². The van der Waals surface area contributed by atoms with E-state index in [4.69, 9.17) is 5.73 Å². The third-order valence-corrected chi connectivity index (χ3v) is 3.88. The number of hydrogen-bond acceptors (Lipinski definition) is 2. The molecule has 1 aliphatic heterocycles. The van der Waals surface area contributed by atoms with Gasteiger partial charge in [0.05, 0.1) is 12.1 Å². The van der Waals surface area contributed by atoms with Crippen molar-refractivity contribution in [2.45, 2.75) is 32.7 Å². The molecule has 0 aliphatic carbocycles. The summed E-state index contributed by atoms with van der Waals surface area (Å²) < 4.78 is 0. The first-order chi connectivity index (χ1) is 9.63. The lowest BCUT2D eigenvalue weighted by Gasteiger charge is -2.36. The lowest BCUT2D eigenvalue weighted by Crippen LogP contribution is -2.44. The molecule has 1 amide bonds. The van der Waals surface area contributed by atoms with Crippen molar-refractivity contribution >= 4 is 5.91 Å². The zero-order chi connectivity index (χ0) is 14.5. The molecule has 1 aromatic rings. The molecule has 1 aliphatic rings. The number of carbonyl (C=O) groups excluding carboxylic acids is 1. The molecule has 2 unspecified atom stereocenters. The standard InChI is InChI=1S/C17H22N2O/c1-13-9-11-19(14(2)12-13)17(20)16-8-4-3-6-15(16)7-5-10-18/h3-4,6,8,13-14H,9-12,18H2,1-2H3. The van der Waals surface area contributed by atoms with Crippen LogP contribution in [0.1, 0.15) is 42.6 Å². The molecule has 0 saturated carbocycles. The van der Waals surface area contributed by atoms with Gasteiger partial charge in [-0.2, -0.15) is 0 Å². The van der Waals surface area contributed by atoms with Crippen LogP contribution in [0, 0.1) is 17.8 Å². The highest BCUT2D eigenvalue weighted by atomic mass is 16.2. The average Bonchev–Trinajstić information content (AvgIpc) is 2.45. The van der Waals surface area contributed by atoms with Crippen molar-refractivity contribution in [2.24, 2.45) is 11.7 Å². The summed E-state index contributed by atoms with van der Waals surface area (Å²) in [5, 5.41) is 0. The normalized spacial score (nSPS) is 22.1. The fourth-order valence-electron chi connectivity index (χ4n) is 2.79. The molecule has 2 rings (SSSR count). The highest BCUT2D eigenvalue weighted by Gasteiger charge is 2.28. The van der Waals surface area contributed by atoms with Gasteiger partial charge in [-0.25, -0.2) is 0 Å². The van der Waals surface area contributed by atoms with Gasteiger partial charge in [0, 0.05) is 18.2 Å². The number of benzene rings is 1. The van der Waals surface area contributed by atoms with Gasteiger partial charge in [-0.05, 0) is 37.8 Å². The van der Waals surface area contributed by atoms with Gasteiger partial charge in [0.15, 0.2) is 0 Å². The highest BCUT2D eigenvalue weighted by Crippen LogP contribution is 2.24. The van der Waals surface area contributed by atoms with E-state index in [9.17, 15) is 4.79 Å². The lowest BCUT2D eigenvalue weighted by molar-refractivity contribution is 0.0588. The van der Waals surface area contributed by atoms with Gasteiger partial charge < -0.3 is 10.6 Å². The summed E-state index contributed by atoms with van der Waals surface area (Å²) in [6, 6.07) is 7.82. The zero-order valence-corrected chi connectivity index (χ0v) is 12.2. The Morgan fingerprint density at radius 1 is 1.40 bits per heavy atom. The zero-order valence-electron chi connectivity index (χ0n) is 12.2. The largest absolute Gasteiger partial charge is 0.336 e. The Bertz CT molecular complexity index is 541. The molecule has 1 fully saturated rings. The molecular formula is C17H22N2O. The van der Waals surface area contributed by atoms with Crippen LogP contribution in [0.5, 0.6) is 0 Å². The third kappa shape index (κ3) is 3.20. The number of rotatable bonds is 1. The molecule has 1 heterocycles. The average molecular weight is 270 g/mol. The molecule has 1 aromatic carbocycles. The van der Waals surface area contributed by atoms with Crippen molar-refractivity contribution in [3.63, 3.8) is 0 Å². The molecule has 1 saturated heterocycles. The number of nitrogens with two attached hydrogens (primary N) is 1. The second kappa shape index (κ2) is 6.58. The molecule has 0 spiro atoms. The van der Waals surface area contributed by atoms with E-state index in [0.29, 0.717) is 24.1 Å². The van der Waals surface area contributed by atoms with Gasteiger partial charge in [-0.15, -0.1) is 0 Å². The Morgan fingerprint density at radius 2 is 2.15 bits per heavy atom. The van der Waals surface area contributed by atoms with E-state index in [2.05, 4.69) is 25.7 Å². The monoisotopic (exact) mass is 270 g/mol. The van der Waals surface area contributed by atoms with Crippen LogP contribution in [-0.4, -0.2) is 29.9 Å². The van der Waals surface area contributed by atoms with Crippen LogP contribution in [0.3, 0.4) is 0 Å². The summed E-state index contributed by atoms with van der Waals surface area (Å²) >= 11 is 0. The maximum Gasteiger partial charge on any atom is 0.255 e. The first-order valence-corrected chi connectivity index (χ1v) is 7.22. The van der Waals surface area contributed by atoms with Crippen LogP contribution < -0.4 is 5.73 Å². The summed E-state index contributed by atoms with van der Waals surface area (Å²) in [5.41, 5.74) is 6.88. The molecule has 2 N–H and O–H groups in total. The SMILES string of the molecule is CC1CCN(C(=O)c2ccccc2C#CCN)C(C)C1. The van der Waals surface area contributed by atoms with Crippen molar-refractivity contribution in [1.82, 2.24) is 4.90 Å². The summed E-state index contributed by atoms with van der Waals surface area (Å²) in [7, 11) is 0. The van der Waals surface area contributed by atoms with Crippen LogP contribution in [0.2, 0.25) is 0 Å². The quantitative estimate of drug-likeness (QED) is 0.796. The van der Waals surface area contributed by atoms with Crippen LogP contribution in [0.15, 0.2) is 24.3 Å². The lowest BCUT2D eigenvalue weighted by atomic mass is 9.92. The predicted octanol–water partition coefficient (Wildman–Crippen LogP) is 2.26. The van der Waals surface area contributed by atoms with E-state index in [1.54, 1.807) is 0 Å². The number of piperidine rings is 1. The van der Waals surface area contributed by atoms with Crippen LogP contribution >= 0.6 is 0 Å². The first-order valence-electron chi connectivity index (χ1n) is 7.22. The van der Waals surface area contributed by atoms with Gasteiger partial charge in [0.25, 0.3) is 5.91 Å². The van der Waals surface area contributed by atoms with Gasteiger partial charge in [-0.3, -0.25) is 4.79 Å². The van der Waals surface area contributed by atoms with Gasteiger partial charge >= 0.3 is 0 Å². The minimum atomic E-state index is 0.0892. The van der Waals surface area contributed by atoms with Crippen LogP contribution in [-0.2, 0) is 0 Å². The molecule has 0 bridgehead atoms. The summed E-state index contributed by atoms with van der Waals surface area (Å²) in [6.07, 6.45) is 2.15. The Balaban J connectivity index is 2.25. The molecular weight excluding hydrogens is 248 g/mol. The van der Waals surface area contributed by atoms with E-state index in [1.165, 1.54) is 0 Å². The second-order valence-corrected chi connectivity index (χ2v) is 5.53. The molecule has 106 valence electrons. The Morgan fingerprint density at radius 3 is 2.85 bits per heavy atom. The van der Waals surface area contributed by atoms with Gasteiger partial charge in [-0.1, -0.05) is 30.9 Å². The van der Waals surface area contributed by atoms with Gasteiger partial charge in [0.2, 0.25) is 0 Å². The van der Waals surface area contributed by atoms with E-state index in [0.717, 1.165) is 24.9 Å². The van der Waals surface area contributed by atoms with Crippen molar-refractivity contribution in [3.05, 3.63) is 35.4 Å². The van der Waals surface area contributed by atoms with Crippen molar-refractivity contribution in [3.8, 4) is 11.8 Å². The number of carbonyl (C=O) groups is 1. The molecule has 0 radical (unpaired) electrons. The summed E-state index contributed by atoms with van der Waals surface area (Å²) in [5.74, 6) is 6.61. The fraction of sp³-hybridized carbons (Fsp3) is 0.471. The Hall–Kier alpha value is -1.79. The molecule has 20 heavy (non-hydrogen) atoms. The van der Waals surface area contributed by atoms with Crippen molar-refractivity contribution in [2.75, 3.05) is 13.1 Å². The van der Waals surface area contributed by atoms with Crippen LogP contribution in [0.25, 0.3) is 0 Å². The van der Waals surface area contributed by atoms with E-state index in [1.807, 2.05) is 29.2 Å². The maximum atomic E-state index is 12.7. The van der Waals surface area contributed by atoms with Crippen LogP contribution in [0.4, 0.5) is 0 Å². The number of likely N-dealkylation sites (tertiary alicyclic amines) is 1. The van der Waals surface area contributed by atoms with Gasteiger partial charge in [0.1, 0.15) is 0 Å². The topological polar surface area (TPSA) is 46.3 Å². The Labute approximate surface area is 121 Å². The maximum absolute atomic E-state index is 12.7. The first kappa shape index (κ1) is 14.6. The minimum absolute atomic E-state index is 0.0892. The predicted molar refractivity (Wildman–Crippen MR) is 81.3 cm³/mol. The molecule has 2 atom stereocenters. The van der Waals surface area contributed by atoms with E-state index >= 15 is 0 Å². The highest BCUT2D eigenvalue weighted by molar-refractivity contribution is 5.97. The third-order valence-electron chi connectivity index (χ3n) is 3.88. The number of nitrogens with zero attached hydrogens (tertiary/aromatic N) is 1. The van der Waals surface area contributed by atoms with Crippen molar-refractivity contribution < 1.29 is 4.79 Å².